The highest BCUT2D eigenvalue weighted by Crippen LogP contribution is 2.35. The van der Waals surface area contributed by atoms with Crippen molar-refractivity contribution in [2.75, 3.05) is 19.0 Å². The number of anilines is 1. The van der Waals surface area contributed by atoms with Crippen LogP contribution < -0.4 is 5.32 Å². The van der Waals surface area contributed by atoms with Gasteiger partial charge in [-0.25, -0.2) is 4.39 Å². The summed E-state index contributed by atoms with van der Waals surface area (Å²) in [6.07, 6.45) is 2.50. The molecule has 1 N–H and O–H groups in total. The number of hydrogen-bond acceptors (Lipinski definition) is 2. The van der Waals surface area contributed by atoms with Crippen molar-refractivity contribution >= 4 is 21.6 Å². The van der Waals surface area contributed by atoms with E-state index in [-0.39, 0.29) is 5.82 Å². The van der Waals surface area contributed by atoms with Gasteiger partial charge in [-0.05, 0) is 52.9 Å². The van der Waals surface area contributed by atoms with E-state index in [1.807, 2.05) is 0 Å². The maximum absolute atomic E-state index is 12.9. The van der Waals surface area contributed by atoms with Crippen molar-refractivity contribution in [3.05, 3.63) is 28.5 Å². The highest BCUT2D eigenvalue weighted by Gasteiger charge is 2.31. The highest BCUT2D eigenvalue weighted by atomic mass is 79.9. The first-order valence-electron chi connectivity index (χ1n) is 5.41. The number of ether oxygens (including phenoxy) is 1. The summed E-state index contributed by atoms with van der Waals surface area (Å²) in [4.78, 5) is 0. The van der Waals surface area contributed by atoms with Crippen molar-refractivity contribution < 1.29 is 9.13 Å². The molecule has 0 amide bonds. The Hall–Kier alpha value is -0.610. The van der Waals surface area contributed by atoms with Crippen LogP contribution in [0.5, 0.6) is 0 Å². The average molecular weight is 288 g/mol. The molecule has 0 aliphatic heterocycles. The lowest BCUT2D eigenvalue weighted by Gasteiger charge is -2.19. The van der Waals surface area contributed by atoms with Crippen LogP contribution in [0.1, 0.15) is 12.8 Å². The Balaban J connectivity index is 2.05. The molecule has 1 aromatic rings. The third-order valence-corrected chi connectivity index (χ3v) is 3.47. The molecule has 1 aliphatic rings. The summed E-state index contributed by atoms with van der Waals surface area (Å²) >= 11 is 3.35. The molecule has 1 saturated carbocycles. The normalized spacial score (nSPS) is 17.2. The Morgan fingerprint density at radius 3 is 2.88 bits per heavy atom. The van der Waals surface area contributed by atoms with Crippen molar-refractivity contribution in [2.24, 2.45) is 5.92 Å². The predicted octanol–water partition coefficient (Wildman–Crippen LogP) is 3.43. The van der Waals surface area contributed by atoms with Crippen molar-refractivity contribution in [1.82, 2.24) is 0 Å². The number of halogens is 2. The molecule has 0 aromatic heterocycles. The SMILES string of the molecule is COCC(Nc1ccc(F)cc1Br)C1CC1. The van der Waals surface area contributed by atoms with Crippen LogP contribution in [0, 0.1) is 11.7 Å². The Labute approximate surface area is 103 Å². The van der Waals surface area contributed by atoms with Gasteiger partial charge in [0.25, 0.3) is 0 Å². The van der Waals surface area contributed by atoms with Gasteiger partial charge in [0.15, 0.2) is 0 Å². The van der Waals surface area contributed by atoms with E-state index in [0.717, 1.165) is 10.2 Å². The summed E-state index contributed by atoms with van der Waals surface area (Å²) in [5.41, 5.74) is 0.926. The van der Waals surface area contributed by atoms with Gasteiger partial charge in [-0.2, -0.15) is 0 Å². The minimum absolute atomic E-state index is 0.230. The number of benzene rings is 1. The van der Waals surface area contributed by atoms with Crippen LogP contribution in [0.25, 0.3) is 0 Å². The maximum atomic E-state index is 12.9. The van der Waals surface area contributed by atoms with Crippen molar-refractivity contribution in [1.29, 1.82) is 0 Å². The van der Waals surface area contributed by atoms with Gasteiger partial charge < -0.3 is 10.1 Å². The second-order valence-corrected chi connectivity index (χ2v) is 5.02. The van der Waals surface area contributed by atoms with E-state index in [0.29, 0.717) is 18.6 Å². The van der Waals surface area contributed by atoms with Gasteiger partial charge in [-0.1, -0.05) is 0 Å². The minimum Gasteiger partial charge on any atom is -0.383 e. The predicted molar refractivity (Wildman–Crippen MR) is 66.1 cm³/mol. The fraction of sp³-hybridized carbons (Fsp3) is 0.500. The Morgan fingerprint density at radius 1 is 1.56 bits per heavy atom. The molecule has 1 fully saturated rings. The summed E-state index contributed by atoms with van der Waals surface area (Å²) < 4.78 is 18.9. The van der Waals surface area contributed by atoms with Gasteiger partial charge >= 0.3 is 0 Å². The van der Waals surface area contributed by atoms with Crippen LogP contribution in [0.3, 0.4) is 0 Å². The minimum atomic E-state index is -0.230. The summed E-state index contributed by atoms with van der Waals surface area (Å²) in [7, 11) is 1.71. The Kier molecular flexibility index (Phi) is 3.82. The summed E-state index contributed by atoms with van der Waals surface area (Å²) in [6.45, 7) is 0.689. The van der Waals surface area contributed by atoms with Crippen LogP contribution in [0.2, 0.25) is 0 Å². The Bertz CT molecular complexity index is 368. The van der Waals surface area contributed by atoms with E-state index in [1.165, 1.54) is 25.0 Å². The Morgan fingerprint density at radius 2 is 2.31 bits per heavy atom. The average Bonchev–Trinajstić information content (AvgIpc) is 3.04. The molecule has 0 heterocycles. The van der Waals surface area contributed by atoms with Crippen molar-refractivity contribution in [2.45, 2.75) is 18.9 Å². The number of hydrogen-bond donors (Lipinski definition) is 1. The first-order valence-corrected chi connectivity index (χ1v) is 6.20. The van der Waals surface area contributed by atoms with Crippen LogP contribution in [0.4, 0.5) is 10.1 Å². The topological polar surface area (TPSA) is 21.3 Å². The van der Waals surface area contributed by atoms with E-state index in [2.05, 4.69) is 21.2 Å². The molecule has 1 aliphatic carbocycles. The zero-order valence-corrected chi connectivity index (χ0v) is 10.8. The first kappa shape index (κ1) is 11.9. The third kappa shape index (κ3) is 2.95. The molecule has 16 heavy (non-hydrogen) atoms. The molecule has 88 valence electrons. The van der Waals surface area contributed by atoms with E-state index < -0.39 is 0 Å². The second kappa shape index (κ2) is 5.15. The van der Waals surface area contributed by atoms with Crippen LogP contribution >= 0.6 is 15.9 Å². The maximum Gasteiger partial charge on any atom is 0.124 e. The molecule has 0 radical (unpaired) electrons. The molecule has 1 aromatic carbocycles. The molecule has 1 atom stereocenters. The standard InChI is InChI=1S/C12H15BrFNO/c1-16-7-12(8-2-3-8)15-11-5-4-9(14)6-10(11)13/h4-6,8,12,15H,2-3,7H2,1H3. The molecule has 0 bridgehead atoms. The molecule has 0 spiro atoms. The van der Waals surface area contributed by atoms with Gasteiger partial charge in [0, 0.05) is 17.3 Å². The molecule has 2 nitrogen and oxygen atoms in total. The number of rotatable bonds is 5. The number of methoxy groups -OCH3 is 1. The van der Waals surface area contributed by atoms with Gasteiger partial charge in [0.2, 0.25) is 0 Å². The van der Waals surface area contributed by atoms with E-state index in [4.69, 9.17) is 4.74 Å². The van der Waals surface area contributed by atoms with Gasteiger partial charge in [-0.3, -0.25) is 0 Å². The summed E-state index contributed by atoms with van der Waals surface area (Å²) in [6, 6.07) is 5.01. The molecular weight excluding hydrogens is 273 g/mol. The quantitative estimate of drug-likeness (QED) is 0.896. The fourth-order valence-electron chi connectivity index (χ4n) is 1.78. The van der Waals surface area contributed by atoms with E-state index in [9.17, 15) is 4.39 Å². The van der Waals surface area contributed by atoms with Gasteiger partial charge in [-0.15, -0.1) is 0 Å². The van der Waals surface area contributed by atoms with E-state index in [1.54, 1.807) is 13.2 Å². The highest BCUT2D eigenvalue weighted by molar-refractivity contribution is 9.10. The third-order valence-electron chi connectivity index (χ3n) is 2.81. The zero-order chi connectivity index (χ0) is 11.5. The lowest BCUT2D eigenvalue weighted by molar-refractivity contribution is 0.179. The molecule has 1 unspecified atom stereocenters. The second-order valence-electron chi connectivity index (χ2n) is 4.17. The van der Waals surface area contributed by atoms with Crippen LogP contribution in [0.15, 0.2) is 22.7 Å². The number of nitrogens with one attached hydrogen (secondary N) is 1. The summed E-state index contributed by atoms with van der Waals surface area (Å²) in [5, 5.41) is 3.40. The monoisotopic (exact) mass is 287 g/mol. The fourth-order valence-corrected chi connectivity index (χ4v) is 2.25. The van der Waals surface area contributed by atoms with Crippen molar-refractivity contribution in [3.63, 3.8) is 0 Å². The molecule has 4 heteroatoms. The lowest BCUT2D eigenvalue weighted by atomic mass is 10.2. The van der Waals surface area contributed by atoms with Crippen LogP contribution in [-0.2, 0) is 4.74 Å². The smallest absolute Gasteiger partial charge is 0.124 e. The zero-order valence-electron chi connectivity index (χ0n) is 9.17. The van der Waals surface area contributed by atoms with E-state index >= 15 is 0 Å². The molecule has 0 saturated heterocycles. The largest absolute Gasteiger partial charge is 0.383 e. The summed E-state index contributed by atoms with van der Waals surface area (Å²) in [5.74, 6) is 0.462. The van der Waals surface area contributed by atoms with Gasteiger partial charge in [0.05, 0.1) is 12.6 Å². The van der Waals surface area contributed by atoms with Crippen LogP contribution in [-0.4, -0.2) is 19.8 Å². The van der Waals surface area contributed by atoms with Gasteiger partial charge in [0.1, 0.15) is 5.82 Å². The first-order chi connectivity index (χ1) is 7.70. The lowest BCUT2D eigenvalue weighted by Crippen LogP contribution is -2.27. The molecule has 2 rings (SSSR count). The van der Waals surface area contributed by atoms with Crippen molar-refractivity contribution in [3.8, 4) is 0 Å². The molecular formula is C12H15BrFNO.